The zero-order valence-corrected chi connectivity index (χ0v) is 15.0. The molecule has 0 radical (unpaired) electrons. The van der Waals surface area contributed by atoms with E-state index in [2.05, 4.69) is 23.2 Å². The van der Waals surface area contributed by atoms with Gasteiger partial charge in [-0.1, -0.05) is 78.9 Å². The Bertz CT molecular complexity index is 1080. The molecular weight excluding hydrogens is 334 g/mol. The topological polar surface area (TPSA) is 41.8 Å². The van der Waals surface area contributed by atoms with Crippen LogP contribution in [0, 0.1) is 0 Å². The molecule has 0 aliphatic heterocycles. The maximum absolute atomic E-state index is 10.2. The molecule has 0 unspecified atom stereocenters. The summed E-state index contributed by atoms with van der Waals surface area (Å²) >= 11 is 0. The fraction of sp³-hybridized carbons (Fsp3) is 0.125. The van der Waals surface area contributed by atoms with Crippen LogP contribution in [-0.4, -0.2) is 30.6 Å². The first-order chi connectivity index (χ1) is 13.3. The number of rotatable bonds is 6. The second-order valence-electron chi connectivity index (χ2n) is 6.50. The van der Waals surface area contributed by atoms with Crippen molar-refractivity contribution in [3.8, 4) is 5.75 Å². The van der Waals surface area contributed by atoms with Gasteiger partial charge in [-0.2, -0.15) is 0 Å². The van der Waals surface area contributed by atoms with Gasteiger partial charge in [0, 0.05) is 17.2 Å². The number of benzene rings is 4. The normalized spacial score (nSPS) is 12.6. The summed E-state index contributed by atoms with van der Waals surface area (Å²) in [6.07, 6.45) is 1.17. The minimum atomic E-state index is -0.657. The fourth-order valence-corrected chi connectivity index (χ4v) is 3.20. The number of hydrogen-bond acceptors (Lipinski definition) is 3. The third-order valence-electron chi connectivity index (χ3n) is 4.55. The quantitative estimate of drug-likeness (QED) is 0.502. The van der Waals surface area contributed by atoms with Crippen molar-refractivity contribution in [3.05, 3.63) is 90.5 Å². The molecule has 0 heterocycles. The van der Waals surface area contributed by atoms with E-state index in [0.29, 0.717) is 6.54 Å². The first kappa shape index (κ1) is 17.3. The lowest BCUT2D eigenvalue weighted by molar-refractivity contribution is 0.115. The Morgan fingerprint density at radius 3 is 2.22 bits per heavy atom. The Labute approximate surface area is 158 Å². The Morgan fingerprint density at radius 1 is 0.778 bits per heavy atom. The van der Waals surface area contributed by atoms with Gasteiger partial charge in [-0.05, 0) is 22.2 Å². The molecule has 0 saturated heterocycles. The van der Waals surface area contributed by atoms with Crippen LogP contribution in [0.4, 0.5) is 0 Å². The summed E-state index contributed by atoms with van der Waals surface area (Å²) < 4.78 is 5.83. The van der Waals surface area contributed by atoms with Crippen LogP contribution in [0.1, 0.15) is 5.56 Å². The van der Waals surface area contributed by atoms with Gasteiger partial charge in [0.1, 0.15) is 18.5 Å². The monoisotopic (exact) mass is 355 g/mol. The molecule has 0 aromatic heterocycles. The lowest BCUT2D eigenvalue weighted by Crippen LogP contribution is -2.20. The van der Waals surface area contributed by atoms with Gasteiger partial charge in [0.05, 0.1) is 6.54 Å². The van der Waals surface area contributed by atoms with Crippen molar-refractivity contribution < 1.29 is 9.84 Å². The van der Waals surface area contributed by atoms with Gasteiger partial charge in [0.2, 0.25) is 0 Å². The average Bonchev–Trinajstić information content (AvgIpc) is 2.72. The van der Waals surface area contributed by atoms with Crippen molar-refractivity contribution in [2.75, 3.05) is 13.2 Å². The Balaban J connectivity index is 1.39. The maximum atomic E-state index is 10.2. The summed E-state index contributed by atoms with van der Waals surface area (Å²) in [4.78, 5) is 4.41. The molecule has 27 heavy (non-hydrogen) atoms. The molecule has 4 rings (SSSR count). The van der Waals surface area contributed by atoms with Gasteiger partial charge < -0.3 is 9.84 Å². The molecule has 3 nitrogen and oxygen atoms in total. The predicted molar refractivity (Wildman–Crippen MR) is 112 cm³/mol. The molecule has 0 amide bonds. The molecule has 4 aromatic carbocycles. The lowest BCUT2D eigenvalue weighted by atomic mass is 10.1. The highest BCUT2D eigenvalue weighted by Crippen LogP contribution is 2.25. The summed E-state index contributed by atoms with van der Waals surface area (Å²) in [6.45, 7) is 0.509. The molecule has 0 spiro atoms. The molecule has 3 heteroatoms. The zero-order valence-electron chi connectivity index (χ0n) is 15.0. The molecule has 0 aliphatic rings. The summed E-state index contributed by atoms with van der Waals surface area (Å²) in [5.41, 5.74) is 1.05. The summed E-state index contributed by atoms with van der Waals surface area (Å²) in [5.74, 6) is 0.783. The van der Waals surface area contributed by atoms with Crippen molar-refractivity contribution in [1.29, 1.82) is 0 Å². The van der Waals surface area contributed by atoms with Crippen molar-refractivity contribution >= 4 is 27.8 Å². The van der Waals surface area contributed by atoms with Crippen molar-refractivity contribution in [1.82, 2.24) is 0 Å². The highest BCUT2D eigenvalue weighted by Gasteiger charge is 2.06. The third kappa shape index (κ3) is 3.99. The van der Waals surface area contributed by atoms with Crippen LogP contribution >= 0.6 is 0 Å². The van der Waals surface area contributed by atoms with Crippen LogP contribution in [0.2, 0.25) is 0 Å². The molecule has 134 valence electrons. The van der Waals surface area contributed by atoms with E-state index in [9.17, 15) is 5.11 Å². The van der Waals surface area contributed by atoms with Crippen molar-refractivity contribution in [2.45, 2.75) is 6.10 Å². The van der Waals surface area contributed by atoms with Crippen molar-refractivity contribution in [3.63, 3.8) is 0 Å². The third-order valence-corrected chi connectivity index (χ3v) is 4.55. The number of aliphatic imine (C=N–C) groups is 1. The van der Waals surface area contributed by atoms with Crippen molar-refractivity contribution in [2.24, 2.45) is 4.99 Å². The molecule has 4 aromatic rings. The molecule has 0 saturated carbocycles. The SMILES string of the molecule is O[C@H](CN=Cc1cccc2ccccc12)COc1cccc2ccccc12. The molecule has 1 atom stereocenters. The van der Waals surface area contributed by atoms with E-state index >= 15 is 0 Å². The van der Waals surface area contributed by atoms with E-state index in [1.165, 1.54) is 5.39 Å². The number of aliphatic hydroxyl groups excluding tert-OH is 1. The number of ether oxygens (including phenoxy) is 1. The Morgan fingerprint density at radius 2 is 1.41 bits per heavy atom. The predicted octanol–water partition coefficient (Wildman–Crippen LogP) is 4.85. The van der Waals surface area contributed by atoms with Gasteiger partial charge in [-0.3, -0.25) is 4.99 Å². The number of aliphatic hydroxyl groups is 1. The Hall–Kier alpha value is -3.17. The minimum absolute atomic E-state index is 0.209. The highest BCUT2D eigenvalue weighted by molar-refractivity contribution is 5.99. The van der Waals surface area contributed by atoms with Gasteiger partial charge in [0.25, 0.3) is 0 Å². The zero-order chi connectivity index (χ0) is 18.5. The largest absolute Gasteiger partial charge is 0.490 e. The second kappa shape index (κ2) is 8.02. The van der Waals surface area contributed by atoms with Gasteiger partial charge >= 0.3 is 0 Å². The van der Waals surface area contributed by atoms with Gasteiger partial charge in [-0.15, -0.1) is 0 Å². The summed E-state index contributed by atoms with van der Waals surface area (Å²) in [7, 11) is 0. The highest BCUT2D eigenvalue weighted by atomic mass is 16.5. The van der Waals surface area contributed by atoms with Crippen LogP contribution < -0.4 is 4.74 Å². The summed E-state index contributed by atoms with van der Waals surface area (Å²) in [5, 5.41) is 14.7. The smallest absolute Gasteiger partial charge is 0.127 e. The van der Waals surface area contributed by atoms with E-state index in [4.69, 9.17) is 4.74 Å². The standard InChI is InChI=1S/C24H21NO2/c26-21(17-27-24-14-6-10-19-8-2-4-13-23(19)24)16-25-15-20-11-5-9-18-7-1-3-12-22(18)20/h1-15,21,26H,16-17H2/t21-/m1/s1. The average molecular weight is 355 g/mol. The fourth-order valence-electron chi connectivity index (χ4n) is 3.20. The molecule has 0 aliphatic carbocycles. The van der Waals surface area contributed by atoms with Crippen LogP contribution in [0.25, 0.3) is 21.5 Å². The molecule has 1 N–H and O–H groups in total. The van der Waals surface area contributed by atoms with E-state index in [1.807, 2.05) is 72.9 Å². The number of fused-ring (bicyclic) bond motifs is 2. The van der Waals surface area contributed by atoms with Crippen LogP contribution in [0.5, 0.6) is 5.75 Å². The first-order valence-corrected chi connectivity index (χ1v) is 9.07. The van der Waals surface area contributed by atoms with Crippen LogP contribution in [0.3, 0.4) is 0 Å². The van der Waals surface area contributed by atoms with E-state index in [-0.39, 0.29) is 6.61 Å². The number of hydrogen-bond donors (Lipinski definition) is 1. The Kier molecular flexibility index (Phi) is 5.13. The van der Waals surface area contributed by atoms with E-state index in [0.717, 1.165) is 27.5 Å². The van der Waals surface area contributed by atoms with Crippen LogP contribution in [0.15, 0.2) is 89.9 Å². The van der Waals surface area contributed by atoms with E-state index in [1.54, 1.807) is 0 Å². The van der Waals surface area contributed by atoms with E-state index < -0.39 is 6.10 Å². The summed E-state index contributed by atoms with van der Waals surface area (Å²) in [6, 6.07) is 28.3. The number of nitrogens with zero attached hydrogens (tertiary/aromatic N) is 1. The molecule has 0 fully saturated rings. The molecular formula is C24H21NO2. The lowest BCUT2D eigenvalue weighted by Gasteiger charge is -2.12. The molecule has 0 bridgehead atoms. The minimum Gasteiger partial charge on any atom is -0.490 e. The second-order valence-corrected chi connectivity index (χ2v) is 6.50. The van der Waals surface area contributed by atoms with Gasteiger partial charge in [0.15, 0.2) is 0 Å². The van der Waals surface area contributed by atoms with Crippen LogP contribution in [-0.2, 0) is 0 Å². The van der Waals surface area contributed by atoms with Gasteiger partial charge in [-0.25, -0.2) is 0 Å². The maximum Gasteiger partial charge on any atom is 0.127 e. The first-order valence-electron chi connectivity index (χ1n) is 9.07.